The Hall–Kier alpha value is -2.68. The van der Waals surface area contributed by atoms with Crippen molar-refractivity contribution in [3.05, 3.63) is 70.0 Å². The number of H-pyrrole nitrogens is 1. The van der Waals surface area contributed by atoms with Crippen molar-refractivity contribution in [2.75, 3.05) is 31.0 Å². The van der Waals surface area contributed by atoms with Crippen LogP contribution in [0.1, 0.15) is 11.1 Å². The number of morpholine rings is 1. The number of aryl methyl sites for hydroxylation is 1. The Morgan fingerprint density at radius 3 is 2.66 bits per heavy atom. The van der Waals surface area contributed by atoms with Gasteiger partial charge in [0.05, 0.1) is 18.1 Å². The van der Waals surface area contributed by atoms with Crippen LogP contribution in [-0.4, -0.2) is 44.6 Å². The van der Waals surface area contributed by atoms with E-state index < -0.39 is 10.0 Å². The lowest BCUT2D eigenvalue weighted by Gasteiger charge is -2.27. The highest BCUT2D eigenvalue weighted by molar-refractivity contribution is 7.92. The maximum atomic E-state index is 13.1. The Morgan fingerprint density at radius 1 is 1.10 bits per heavy atom. The fourth-order valence-electron chi connectivity index (χ4n) is 3.49. The molecule has 4 rings (SSSR count). The summed E-state index contributed by atoms with van der Waals surface area (Å²) in [6, 6.07) is 13.9. The van der Waals surface area contributed by atoms with Gasteiger partial charge in [-0.25, -0.2) is 8.42 Å². The monoisotopic (exact) mass is 413 g/mol. The van der Waals surface area contributed by atoms with Gasteiger partial charge in [0.25, 0.3) is 15.6 Å². The molecule has 1 fully saturated rings. The van der Waals surface area contributed by atoms with Gasteiger partial charge in [0.2, 0.25) is 0 Å². The Morgan fingerprint density at radius 2 is 1.86 bits per heavy atom. The van der Waals surface area contributed by atoms with Crippen LogP contribution in [0.25, 0.3) is 10.9 Å². The minimum atomic E-state index is -3.76. The molecule has 0 saturated carbocycles. The fraction of sp³-hybridized carbons (Fsp3) is 0.286. The number of hydrogen-bond acceptors (Lipinski definition) is 5. The number of sulfonamides is 1. The molecule has 0 radical (unpaired) electrons. The van der Waals surface area contributed by atoms with Gasteiger partial charge in [-0.1, -0.05) is 18.2 Å². The van der Waals surface area contributed by atoms with E-state index in [4.69, 9.17) is 4.74 Å². The number of aromatic amines is 1. The molecule has 7 nitrogen and oxygen atoms in total. The Bertz CT molecular complexity index is 1200. The van der Waals surface area contributed by atoms with Crippen LogP contribution in [-0.2, 0) is 21.3 Å². The van der Waals surface area contributed by atoms with E-state index in [9.17, 15) is 13.2 Å². The van der Waals surface area contributed by atoms with Gasteiger partial charge in [-0.2, -0.15) is 0 Å². The summed E-state index contributed by atoms with van der Waals surface area (Å²) in [5, 5.41) is 0.768. The van der Waals surface area contributed by atoms with Gasteiger partial charge in [-0.05, 0) is 42.8 Å². The third-order valence-electron chi connectivity index (χ3n) is 5.04. The molecular weight excluding hydrogens is 390 g/mol. The predicted molar refractivity (Wildman–Crippen MR) is 113 cm³/mol. The average Bonchev–Trinajstić information content (AvgIpc) is 2.70. The number of rotatable bonds is 5. The van der Waals surface area contributed by atoms with Crippen LogP contribution in [0.15, 0.2) is 58.2 Å². The lowest BCUT2D eigenvalue weighted by atomic mass is 10.1. The van der Waals surface area contributed by atoms with Crippen LogP contribution in [0, 0.1) is 6.92 Å². The van der Waals surface area contributed by atoms with Crippen molar-refractivity contribution in [1.82, 2.24) is 9.88 Å². The first kappa shape index (κ1) is 19.6. The Balaban J connectivity index is 1.63. The van der Waals surface area contributed by atoms with E-state index in [0.29, 0.717) is 36.5 Å². The second-order valence-electron chi connectivity index (χ2n) is 7.19. The zero-order valence-electron chi connectivity index (χ0n) is 16.1. The normalized spacial score (nSPS) is 15.5. The summed E-state index contributed by atoms with van der Waals surface area (Å²) < 4.78 is 34.3. The SMILES string of the molecule is Cc1cc2cc(NS(=O)(=O)c3ccccc3CN3CCOCC3)ccc2[nH]c1=O. The van der Waals surface area contributed by atoms with Crippen molar-refractivity contribution < 1.29 is 13.2 Å². The van der Waals surface area contributed by atoms with Crippen LogP contribution in [0.2, 0.25) is 0 Å². The van der Waals surface area contributed by atoms with Crippen molar-refractivity contribution in [2.45, 2.75) is 18.4 Å². The number of anilines is 1. The molecule has 2 N–H and O–H groups in total. The summed E-state index contributed by atoms with van der Waals surface area (Å²) in [4.78, 5) is 17.0. The van der Waals surface area contributed by atoms with Crippen molar-refractivity contribution in [3.63, 3.8) is 0 Å². The molecule has 1 aliphatic heterocycles. The number of nitrogens with one attached hydrogen (secondary N) is 2. The van der Waals surface area contributed by atoms with Crippen LogP contribution >= 0.6 is 0 Å². The quantitative estimate of drug-likeness (QED) is 0.671. The number of ether oxygens (including phenoxy) is 1. The molecule has 1 saturated heterocycles. The first-order chi connectivity index (χ1) is 13.9. The molecule has 0 atom stereocenters. The van der Waals surface area contributed by atoms with Gasteiger partial charge in [0, 0.05) is 41.8 Å². The standard InChI is InChI=1S/C21H23N3O4S/c1-15-12-17-13-18(6-7-19(17)22-21(15)25)23-29(26,27)20-5-3-2-4-16(20)14-24-8-10-28-11-9-24/h2-7,12-13,23H,8-11,14H2,1H3,(H,22,25). The third-order valence-corrected chi connectivity index (χ3v) is 6.52. The summed E-state index contributed by atoms with van der Waals surface area (Å²) in [6.45, 7) is 5.15. The fourth-order valence-corrected chi connectivity index (χ4v) is 4.77. The zero-order valence-corrected chi connectivity index (χ0v) is 17.0. The highest BCUT2D eigenvalue weighted by Crippen LogP contribution is 2.23. The lowest BCUT2D eigenvalue weighted by Crippen LogP contribution is -2.36. The van der Waals surface area contributed by atoms with Gasteiger partial charge >= 0.3 is 0 Å². The Labute approximate surface area is 169 Å². The first-order valence-corrected chi connectivity index (χ1v) is 11.0. The summed E-state index contributed by atoms with van der Waals surface area (Å²) in [5.74, 6) is 0. The lowest BCUT2D eigenvalue weighted by molar-refractivity contribution is 0.0338. The van der Waals surface area contributed by atoms with E-state index >= 15 is 0 Å². The molecular formula is C21H23N3O4S. The molecule has 0 bridgehead atoms. The number of benzene rings is 2. The van der Waals surface area contributed by atoms with Crippen molar-refractivity contribution in [2.24, 2.45) is 0 Å². The molecule has 1 aromatic heterocycles. The molecule has 8 heteroatoms. The van der Waals surface area contributed by atoms with Gasteiger partial charge in [-0.3, -0.25) is 14.4 Å². The first-order valence-electron chi connectivity index (χ1n) is 9.47. The molecule has 0 aliphatic carbocycles. The largest absolute Gasteiger partial charge is 0.379 e. The topological polar surface area (TPSA) is 91.5 Å². The van der Waals surface area contributed by atoms with Crippen LogP contribution in [0.3, 0.4) is 0 Å². The summed E-state index contributed by atoms with van der Waals surface area (Å²) in [6.07, 6.45) is 0. The second-order valence-corrected chi connectivity index (χ2v) is 8.84. The molecule has 2 aromatic carbocycles. The van der Waals surface area contributed by atoms with Crippen molar-refractivity contribution in [3.8, 4) is 0 Å². The summed E-state index contributed by atoms with van der Waals surface area (Å²) in [7, 11) is -3.76. The van der Waals surface area contributed by atoms with Crippen molar-refractivity contribution in [1.29, 1.82) is 0 Å². The predicted octanol–water partition coefficient (Wildman–Crippen LogP) is 2.47. The van der Waals surface area contributed by atoms with E-state index in [1.807, 2.05) is 12.1 Å². The van der Waals surface area contributed by atoms with Gasteiger partial charge < -0.3 is 9.72 Å². The number of fused-ring (bicyclic) bond motifs is 1. The molecule has 0 spiro atoms. The highest BCUT2D eigenvalue weighted by Gasteiger charge is 2.21. The van der Waals surface area contributed by atoms with Gasteiger partial charge in [-0.15, -0.1) is 0 Å². The third kappa shape index (κ3) is 4.34. The van der Waals surface area contributed by atoms with Crippen LogP contribution in [0.4, 0.5) is 5.69 Å². The number of aromatic nitrogens is 1. The zero-order chi connectivity index (χ0) is 20.4. The number of nitrogens with zero attached hydrogens (tertiary/aromatic N) is 1. The van der Waals surface area contributed by atoms with E-state index in [2.05, 4.69) is 14.6 Å². The minimum Gasteiger partial charge on any atom is -0.379 e. The summed E-state index contributed by atoms with van der Waals surface area (Å²) >= 11 is 0. The molecule has 0 unspecified atom stereocenters. The summed E-state index contributed by atoms with van der Waals surface area (Å²) in [5.41, 5.74) is 2.29. The maximum Gasteiger partial charge on any atom is 0.262 e. The molecule has 2 heterocycles. The molecule has 0 amide bonds. The maximum absolute atomic E-state index is 13.1. The van der Waals surface area contributed by atoms with E-state index in [-0.39, 0.29) is 10.5 Å². The van der Waals surface area contributed by atoms with Gasteiger partial charge in [0.1, 0.15) is 0 Å². The second kappa shape index (κ2) is 7.98. The van der Waals surface area contributed by atoms with E-state index in [0.717, 1.165) is 24.0 Å². The van der Waals surface area contributed by atoms with E-state index in [1.54, 1.807) is 43.3 Å². The molecule has 29 heavy (non-hydrogen) atoms. The van der Waals surface area contributed by atoms with Crippen LogP contribution in [0.5, 0.6) is 0 Å². The smallest absolute Gasteiger partial charge is 0.262 e. The number of hydrogen-bond donors (Lipinski definition) is 2. The molecule has 1 aliphatic rings. The van der Waals surface area contributed by atoms with E-state index in [1.165, 1.54) is 0 Å². The highest BCUT2D eigenvalue weighted by atomic mass is 32.2. The number of pyridine rings is 1. The molecule has 3 aromatic rings. The Kier molecular flexibility index (Phi) is 5.40. The van der Waals surface area contributed by atoms with Crippen molar-refractivity contribution >= 4 is 26.6 Å². The molecule has 152 valence electrons. The minimum absolute atomic E-state index is 0.150. The van der Waals surface area contributed by atoms with Gasteiger partial charge in [0.15, 0.2) is 0 Å². The van der Waals surface area contributed by atoms with Crippen LogP contribution < -0.4 is 10.3 Å². The average molecular weight is 413 g/mol.